The average Bonchev–Trinajstić information content (AvgIpc) is 2.25. The lowest BCUT2D eigenvalue weighted by Crippen LogP contribution is -2.35. The van der Waals surface area contributed by atoms with Crippen LogP contribution in [0.5, 0.6) is 0 Å². The van der Waals surface area contributed by atoms with Crippen molar-refractivity contribution < 1.29 is 0 Å². The minimum absolute atomic E-state index is 0.631. The third-order valence-corrected chi connectivity index (χ3v) is 2.32. The van der Waals surface area contributed by atoms with Crippen LogP contribution in [0.4, 0.5) is 0 Å². The smallest absolute Gasteiger partial charge is 0.00746 e. The number of rotatable bonds is 11. The van der Waals surface area contributed by atoms with Gasteiger partial charge in [0.05, 0.1) is 0 Å². The van der Waals surface area contributed by atoms with Gasteiger partial charge in [0.1, 0.15) is 0 Å². The van der Waals surface area contributed by atoms with Gasteiger partial charge in [0.2, 0.25) is 0 Å². The van der Waals surface area contributed by atoms with Gasteiger partial charge >= 0.3 is 0 Å². The van der Waals surface area contributed by atoms with E-state index in [2.05, 4.69) is 10.6 Å². The number of nitrogens with two attached hydrogens (primary N) is 3. The predicted octanol–water partition coefficient (Wildman–Crippen LogP) is -1.56. The molecule has 15 heavy (non-hydrogen) atoms. The second-order valence-electron chi connectivity index (χ2n) is 3.78. The van der Waals surface area contributed by atoms with Crippen molar-refractivity contribution in [1.29, 1.82) is 0 Å². The van der Waals surface area contributed by atoms with Crippen molar-refractivity contribution in [1.82, 2.24) is 10.6 Å². The minimum atomic E-state index is 0.631. The Labute approximate surface area is 93.1 Å². The molecule has 8 N–H and O–H groups in total. The lowest BCUT2D eigenvalue weighted by atomic mass is 10.0. The van der Waals surface area contributed by atoms with Crippen LogP contribution in [0.2, 0.25) is 0 Å². The Hall–Kier alpha value is -0.200. The van der Waals surface area contributed by atoms with Gasteiger partial charge in [-0.2, -0.15) is 0 Å². The van der Waals surface area contributed by atoms with E-state index in [0.717, 1.165) is 45.6 Å². The summed E-state index contributed by atoms with van der Waals surface area (Å²) in [4.78, 5) is 0. The molecule has 0 atom stereocenters. The fourth-order valence-corrected chi connectivity index (χ4v) is 1.50. The van der Waals surface area contributed by atoms with Crippen LogP contribution in [-0.2, 0) is 0 Å². The first kappa shape index (κ1) is 14.8. The summed E-state index contributed by atoms with van der Waals surface area (Å²) in [6, 6.07) is 0. The standard InChI is InChI=1S/C10H27N5/c11-3-1-2-10(8-14-6-4-12)9-15-7-5-13/h10,14-15H,1-9,11-13H2. The first-order valence-electron chi connectivity index (χ1n) is 5.86. The van der Waals surface area contributed by atoms with Crippen LogP contribution >= 0.6 is 0 Å². The van der Waals surface area contributed by atoms with E-state index in [1.807, 2.05) is 0 Å². The van der Waals surface area contributed by atoms with E-state index in [-0.39, 0.29) is 0 Å². The molecule has 0 rings (SSSR count). The first-order chi connectivity index (χ1) is 7.35. The van der Waals surface area contributed by atoms with Gasteiger partial charge in [-0.05, 0) is 38.4 Å². The van der Waals surface area contributed by atoms with Crippen molar-refractivity contribution in [2.75, 3.05) is 45.8 Å². The van der Waals surface area contributed by atoms with Crippen molar-refractivity contribution in [3.05, 3.63) is 0 Å². The second kappa shape index (κ2) is 11.9. The summed E-state index contributed by atoms with van der Waals surface area (Å²) in [6.07, 6.45) is 2.24. The Morgan fingerprint density at radius 3 is 1.73 bits per heavy atom. The summed E-state index contributed by atoms with van der Waals surface area (Å²) in [6.45, 7) is 5.94. The Kier molecular flexibility index (Phi) is 11.7. The topological polar surface area (TPSA) is 102 Å². The van der Waals surface area contributed by atoms with E-state index in [0.29, 0.717) is 19.0 Å². The summed E-state index contributed by atoms with van der Waals surface area (Å²) >= 11 is 0. The van der Waals surface area contributed by atoms with E-state index < -0.39 is 0 Å². The van der Waals surface area contributed by atoms with E-state index >= 15 is 0 Å². The molecule has 0 aromatic heterocycles. The number of hydrogen-bond donors (Lipinski definition) is 5. The predicted molar refractivity (Wildman–Crippen MR) is 65.6 cm³/mol. The molecule has 0 aromatic rings. The van der Waals surface area contributed by atoms with Gasteiger partial charge in [-0.3, -0.25) is 0 Å². The molecule has 0 aliphatic heterocycles. The molecule has 0 bridgehead atoms. The quantitative estimate of drug-likeness (QED) is 0.269. The Morgan fingerprint density at radius 2 is 1.33 bits per heavy atom. The molecule has 5 nitrogen and oxygen atoms in total. The van der Waals surface area contributed by atoms with Gasteiger partial charge in [0.15, 0.2) is 0 Å². The SMILES string of the molecule is NCCCC(CNCCN)CNCCN. The number of nitrogens with one attached hydrogen (secondary N) is 2. The molecule has 0 saturated heterocycles. The molecule has 0 fully saturated rings. The molecular formula is C10H27N5. The summed E-state index contributed by atoms with van der Waals surface area (Å²) < 4.78 is 0. The van der Waals surface area contributed by atoms with Crippen LogP contribution in [0.25, 0.3) is 0 Å². The van der Waals surface area contributed by atoms with Gasteiger partial charge in [0.25, 0.3) is 0 Å². The number of hydrogen-bond acceptors (Lipinski definition) is 5. The fourth-order valence-electron chi connectivity index (χ4n) is 1.50. The lowest BCUT2D eigenvalue weighted by molar-refractivity contribution is 0.413. The molecule has 0 unspecified atom stereocenters. The van der Waals surface area contributed by atoms with Crippen molar-refractivity contribution in [2.24, 2.45) is 23.1 Å². The van der Waals surface area contributed by atoms with Crippen molar-refractivity contribution in [3.8, 4) is 0 Å². The summed E-state index contributed by atoms with van der Waals surface area (Å²) in [7, 11) is 0. The van der Waals surface area contributed by atoms with Crippen LogP contribution in [0, 0.1) is 5.92 Å². The minimum Gasteiger partial charge on any atom is -0.330 e. The molecule has 5 heteroatoms. The maximum absolute atomic E-state index is 5.51. The van der Waals surface area contributed by atoms with Crippen molar-refractivity contribution in [3.63, 3.8) is 0 Å². The van der Waals surface area contributed by atoms with Gasteiger partial charge in [-0.1, -0.05) is 0 Å². The van der Waals surface area contributed by atoms with E-state index in [1.165, 1.54) is 0 Å². The van der Waals surface area contributed by atoms with Crippen LogP contribution in [0.15, 0.2) is 0 Å². The third-order valence-electron chi connectivity index (χ3n) is 2.32. The molecule has 0 aromatic carbocycles. The van der Waals surface area contributed by atoms with Gasteiger partial charge in [0, 0.05) is 26.2 Å². The second-order valence-corrected chi connectivity index (χ2v) is 3.78. The highest BCUT2D eigenvalue weighted by Crippen LogP contribution is 2.03. The molecule has 0 amide bonds. The molecular weight excluding hydrogens is 190 g/mol. The van der Waals surface area contributed by atoms with E-state index in [9.17, 15) is 0 Å². The Balaban J connectivity index is 3.53. The highest BCUT2D eigenvalue weighted by Gasteiger charge is 2.06. The van der Waals surface area contributed by atoms with Crippen molar-refractivity contribution in [2.45, 2.75) is 12.8 Å². The monoisotopic (exact) mass is 217 g/mol. The molecule has 0 radical (unpaired) electrons. The third kappa shape index (κ3) is 10.1. The molecule has 0 saturated carbocycles. The molecule has 0 spiro atoms. The Bertz CT molecular complexity index is 110. The molecule has 0 heterocycles. The van der Waals surface area contributed by atoms with E-state index in [1.54, 1.807) is 0 Å². The van der Waals surface area contributed by atoms with Gasteiger partial charge < -0.3 is 27.8 Å². The maximum atomic E-state index is 5.51. The highest BCUT2D eigenvalue weighted by molar-refractivity contribution is 4.66. The summed E-state index contributed by atoms with van der Waals surface area (Å²) in [5.41, 5.74) is 16.3. The zero-order valence-corrected chi connectivity index (χ0v) is 9.67. The molecule has 92 valence electrons. The first-order valence-corrected chi connectivity index (χ1v) is 5.86. The zero-order chi connectivity index (χ0) is 11.4. The van der Waals surface area contributed by atoms with Crippen molar-refractivity contribution >= 4 is 0 Å². The summed E-state index contributed by atoms with van der Waals surface area (Å²) in [5.74, 6) is 0.631. The highest BCUT2D eigenvalue weighted by atomic mass is 14.9. The zero-order valence-electron chi connectivity index (χ0n) is 9.67. The van der Waals surface area contributed by atoms with Gasteiger partial charge in [-0.25, -0.2) is 0 Å². The van der Waals surface area contributed by atoms with E-state index in [4.69, 9.17) is 17.2 Å². The normalized spacial score (nSPS) is 11.2. The molecule has 0 aliphatic rings. The molecule has 0 aliphatic carbocycles. The van der Waals surface area contributed by atoms with Crippen LogP contribution in [0.3, 0.4) is 0 Å². The lowest BCUT2D eigenvalue weighted by Gasteiger charge is -2.17. The summed E-state index contributed by atoms with van der Waals surface area (Å²) in [5, 5.41) is 6.67. The fraction of sp³-hybridized carbons (Fsp3) is 1.00. The average molecular weight is 217 g/mol. The Morgan fingerprint density at radius 1 is 0.800 bits per heavy atom. The van der Waals surface area contributed by atoms with Crippen LogP contribution < -0.4 is 27.8 Å². The maximum Gasteiger partial charge on any atom is 0.00746 e. The largest absolute Gasteiger partial charge is 0.330 e. The van der Waals surface area contributed by atoms with Crippen LogP contribution in [-0.4, -0.2) is 45.8 Å². The van der Waals surface area contributed by atoms with Crippen LogP contribution in [0.1, 0.15) is 12.8 Å². The van der Waals surface area contributed by atoms with Gasteiger partial charge in [-0.15, -0.1) is 0 Å².